The second-order valence-electron chi connectivity index (χ2n) is 9.59. The fourth-order valence-electron chi connectivity index (χ4n) is 3.32. The maximum Gasteiger partial charge on any atom is 0.383 e. The van der Waals surface area contributed by atoms with Crippen molar-refractivity contribution in [1.82, 2.24) is 0 Å². The first-order valence-electron chi connectivity index (χ1n) is 12.1. The van der Waals surface area contributed by atoms with Gasteiger partial charge in [-0.25, -0.2) is 4.79 Å². The largest absolute Gasteiger partial charge is 0.487 e. The van der Waals surface area contributed by atoms with Gasteiger partial charge < -0.3 is 18.6 Å². The number of rotatable bonds is 12. The van der Waals surface area contributed by atoms with Gasteiger partial charge in [0.1, 0.15) is 28.9 Å². The van der Waals surface area contributed by atoms with Gasteiger partial charge in [0.25, 0.3) is 0 Å². The molecule has 2 aromatic rings. The van der Waals surface area contributed by atoms with E-state index in [4.69, 9.17) is 18.6 Å². The molecule has 1 aromatic heterocycles. The number of ether oxygens (including phenoxy) is 3. The van der Waals surface area contributed by atoms with Crippen molar-refractivity contribution < 1.29 is 18.6 Å². The second kappa shape index (κ2) is 13.1. The van der Waals surface area contributed by atoms with Crippen LogP contribution in [0.1, 0.15) is 74.1 Å². The molecule has 34 heavy (non-hydrogen) atoms. The van der Waals surface area contributed by atoms with E-state index >= 15 is 0 Å². The summed E-state index contributed by atoms with van der Waals surface area (Å²) in [5, 5.41) is 0.603. The fraction of sp³-hybridized carbons (Fsp3) is 0.483. The highest BCUT2D eigenvalue weighted by atomic mass is 16.5. The Labute approximate surface area is 204 Å². The highest BCUT2D eigenvalue weighted by molar-refractivity contribution is 5.91. The summed E-state index contributed by atoms with van der Waals surface area (Å²) in [6.45, 7) is 15.0. The SMILES string of the molecule is CCC=CCCOc1c(OC/C=C(\C)CCC=C(C)C)c2c(OC(C)(C)C)cccc2oc1=O. The molecule has 0 unspecified atom stereocenters. The molecule has 1 heterocycles. The summed E-state index contributed by atoms with van der Waals surface area (Å²) in [6, 6.07) is 5.40. The molecule has 0 N–H and O–H groups in total. The van der Waals surface area contributed by atoms with E-state index in [1.54, 1.807) is 12.1 Å². The van der Waals surface area contributed by atoms with Crippen molar-refractivity contribution in [3.05, 3.63) is 64.1 Å². The Morgan fingerprint density at radius 2 is 1.76 bits per heavy atom. The molecule has 186 valence electrons. The molecule has 0 saturated carbocycles. The zero-order valence-electron chi connectivity index (χ0n) is 21.8. The zero-order chi connectivity index (χ0) is 25.1. The third kappa shape index (κ3) is 8.77. The van der Waals surface area contributed by atoms with Gasteiger partial charge in [-0.05, 0) is 85.4 Å². The maximum atomic E-state index is 12.8. The average Bonchev–Trinajstić information content (AvgIpc) is 2.73. The third-order valence-electron chi connectivity index (χ3n) is 4.91. The Morgan fingerprint density at radius 1 is 1.00 bits per heavy atom. The van der Waals surface area contributed by atoms with E-state index < -0.39 is 11.2 Å². The highest BCUT2D eigenvalue weighted by Crippen LogP contribution is 2.40. The van der Waals surface area contributed by atoms with Gasteiger partial charge >= 0.3 is 5.63 Å². The van der Waals surface area contributed by atoms with Crippen LogP contribution in [-0.2, 0) is 0 Å². The Bertz CT molecular complexity index is 1080. The predicted octanol–water partition coefficient (Wildman–Crippen LogP) is 7.78. The molecular formula is C29H40O5. The minimum atomic E-state index is -0.556. The van der Waals surface area contributed by atoms with Crippen LogP contribution in [0.3, 0.4) is 0 Å². The fourth-order valence-corrected chi connectivity index (χ4v) is 3.32. The lowest BCUT2D eigenvalue weighted by molar-refractivity contribution is 0.132. The lowest BCUT2D eigenvalue weighted by Gasteiger charge is -2.23. The summed E-state index contributed by atoms with van der Waals surface area (Å²) < 4.78 is 23.8. The van der Waals surface area contributed by atoms with Gasteiger partial charge in [0.05, 0.1) is 6.61 Å². The second-order valence-corrected chi connectivity index (χ2v) is 9.59. The Hall–Kier alpha value is -2.95. The van der Waals surface area contributed by atoms with Gasteiger partial charge in [0, 0.05) is 0 Å². The lowest BCUT2D eigenvalue weighted by atomic mass is 10.1. The normalized spacial score (nSPS) is 12.3. The van der Waals surface area contributed by atoms with Crippen molar-refractivity contribution in [2.45, 2.75) is 79.8 Å². The van der Waals surface area contributed by atoms with E-state index in [9.17, 15) is 4.79 Å². The van der Waals surface area contributed by atoms with Crippen molar-refractivity contribution in [2.75, 3.05) is 13.2 Å². The summed E-state index contributed by atoms with van der Waals surface area (Å²) in [7, 11) is 0. The van der Waals surface area contributed by atoms with E-state index in [-0.39, 0.29) is 5.75 Å². The molecule has 0 aliphatic carbocycles. The molecule has 0 spiro atoms. The van der Waals surface area contributed by atoms with Gasteiger partial charge in [-0.3, -0.25) is 0 Å². The minimum Gasteiger partial charge on any atom is -0.487 e. The van der Waals surface area contributed by atoms with E-state index in [0.717, 1.165) is 19.3 Å². The van der Waals surface area contributed by atoms with Crippen LogP contribution in [0.15, 0.2) is 62.9 Å². The molecule has 0 amide bonds. The predicted molar refractivity (Wildman–Crippen MR) is 140 cm³/mol. The molecule has 0 saturated heterocycles. The van der Waals surface area contributed by atoms with Gasteiger partial charge in [-0.1, -0.05) is 42.4 Å². The summed E-state index contributed by atoms with van der Waals surface area (Å²) in [5.41, 5.74) is 1.95. The van der Waals surface area contributed by atoms with E-state index in [1.807, 2.05) is 39.0 Å². The molecule has 5 nitrogen and oxygen atoms in total. The van der Waals surface area contributed by atoms with Gasteiger partial charge in [-0.15, -0.1) is 0 Å². The number of fused-ring (bicyclic) bond motifs is 1. The molecule has 1 aromatic carbocycles. The third-order valence-corrected chi connectivity index (χ3v) is 4.91. The standard InChI is InChI=1S/C29H40O5/c1-8-9-10-11-19-31-27-26(32-20-18-22(4)15-12-14-21(2)3)25-23(33-28(27)30)16-13-17-24(25)34-29(5,6)7/h9-10,13-14,16-18H,8,11-12,15,19-20H2,1-7H3/b10-9?,22-18+. The van der Waals surface area contributed by atoms with Crippen molar-refractivity contribution in [3.8, 4) is 17.2 Å². The van der Waals surface area contributed by atoms with Crippen molar-refractivity contribution in [2.24, 2.45) is 0 Å². The van der Waals surface area contributed by atoms with Crippen LogP contribution >= 0.6 is 0 Å². The van der Waals surface area contributed by atoms with Crippen LogP contribution in [0.25, 0.3) is 11.0 Å². The Kier molecular flexibility index (Phi) is 10.5. The van der Waals surface area contributed by atoms with Crippen LogP contribution in [0.5, 0.6) is 17.2 Å². The molecule has 0 atom stereocenters. The zero-order valence-corrected chi connectivity index (χ0v) is 21.8. The monoisotopic (exact) mass is 468 g/mol. The average molecular weight is 469 g/mol. The van der Waals surface area contributed by atoms with Crippen LogP contribution in [0.2, 0.25) is 0 Å². The highest BCUT2D eigenvalue weighted by Gasteiger charge is 2.23. The molecule has 0 bridgehead atoms. The van der Waals surface area contributed by atoms with Crippen molar-refractivity contribution in [1.29, 1.82) is 0 Å². The van der Waals surface area contributed by atoms with Gasteiger partial charge in [-0.2, -0.15) is 0 Å². The Morgan fingerprint density at radius 3 is 2.44 bits per heavy atom. The van der Waals surface area contributed by atoms with Crippen LogP contribution in [0.4, 0.5) is 0 Å². The molecule has 0 fully saturated rings. The van der Waals surface area contributed by atoms with Crippen LogP contribution < -0.4 is 19.8 Å². The quantitative estimate of drug-likeness (QED) is 0.181. The number of hydrogen-bond donors (Lipinski definition) is 0. The van der Waals surface area contributed by atoms with E-state index in [1.165, 1.54) is 11.1 Å². The van der Waals surface area contributed by atoms with Crippen LogP contribution in [0, 0.1) is 0 Å². The lowest BCUT2D eigenvalue weighted by Crippen LogP contribution is -2.23. The van der Waals surface area contributed by atoms with Gasteiger partial charge in [0.15, 0.2) is 5.75 Å². The first kappa shape index (κ1) is 27.3. The minimum absolute atomic E-state index is 0.0814. The van der Waals surface area contributed by atoms with E-state index in [2.05, 4.69) is 39.8 Å². The summed E-state index contributed by atoms with van der Waals surface area (Å²) in [5.74, 6) is 1.03. The first-order chi connectivity index (χ1) is 16.1. The summed E-state index contributed by atoms with van der Waals surface area (Å²) >= 11 is 0. The van der Waals surface area contributed by atoms with Crippen molar-refractivity contribution >= 4 is 11.0 Å². The smallest absolute Gasteiger partial charge is 0.383 e. The van der Waals surface area contributed by atoms with Crippen molar-refractivity contribution in [3.63, 3.8) is 0 Å². The molecule has 0 aliphatic rings. The topological polar surface area (TPSA) is 57.9 Å². The number of allylic oxidation sites excluding steroid dienone is 4. The molecule has 5 heteroatoms. The summed E-state index contributed by atoms with van der Waals surface area (Å²) in [4.78, 5) is 12.8. The molecular weight excluding hydrogens is 428 g/mol. The maximum absolute atomic E-state index is 12.8. The van der Waals surface area contributed by atoms with Gasteiger partial charge in [0.2, 0.25) is 5.75 Å². The first-order valence-corrected chi connectivity index (χ1v) is 12.1. The molecule has 2 rings (SSSR count). The number of benzene rings is 1. The molecule has 0 radical (unpaired) electrons. The Balaban J connectivity index is 2.42. The molecule has 0 aliphatic heterocycles. The van der Waals surface area contributed by atoms with Crippen LogP contribution in [-0.4, -0.2) is 18.8 Å². The number of hydrogen-bond acceptors (Lipinski definition) is 5. The van der Waals surface area contributed by atoms with E-state index in [0.29, 0.717) is 42.1 Å². The summed E-state index contributed by atoms with van der Waals surface area (Å²) in [6.07, 6.45) is 12.0.